The highest BCUT2D eigenvalue weighted by Gasteiger charge is 2.23. The van der Waals surface area contributed by atoms with Crippen molar-refractivity contribution in [3.8, 4) is 5.75 Å². The Morgan fingerprint density at radius 3 is 2.81 bits per heavy atom. The average Bonchev–Trinajstić information content (AvgIpc) is 2.49. The minimum absolute atomic E-state index is 0.0163. The number of aryl methyl sites for hydroxylation is 1. The first-order chi connectivity index (χ1) is 10.2. The molecule has 1 aliphatic heterocycles. The van der Waals surface area contributed by atoms with Crippen molar-refractivity contribution in [3.05, 3.63) is 59.7 Å². The molecule has 2 aromatic carbocycles. The number of urea groups is 1. The fourth-order valence-corrected chi connectivity index (χ4v) is 2.51. The Kier molecular flexibility index (Phi) is 3.77. The molecule has 4 nitrogen and oxygen atoms in total. The van der Waals surface area contributed by atoms with E-state index in [1.165, 1.54) is 0 Å². The van der Waals surface area contributed by atoms with Gasteiger partial charge in [-0.3, -0.25) is 0 Å². The highest BCUT2D eigenvalue weighted by molar-refractivity contribution is 5.89. The summed E-state index contributed by atoms with van der Waals surface area (Å²) < 4.78 is 5.64. The molecular weight excluding hydrogens is 264 g/mol. The van der Waals surface area contributed by atoms with Crippen molar-refractivity contribution in [1.82, 2.24) is 5.32 Å². The predicted octanol–water partition coefficient (Wildman–Crippen LogP) is 3.64. The van der Waals surface area contributed by atoms with Crippen molar-refractivity contribution < 1.29 is 9.53 Å². The van der Waals surface area contributed by atoms with E-state index in [2.05, 4.69) is 16.7 Å². The number of fused-ring (bicyclic) bond motifs is 1. The number of para-hydroxylation sites is 1. The third kappa shape index (κ3) is 3.16. The molecule has 2 amide bonds. The molecule has 0 saturated heterocycles. The van der Waals surface area contributed by atoms with Crippen LogP contribution in [0.15, 0.2) is 48.5 Å². The summed E-state index contributed by atoms with van der Waals surface area (Å²) in [6, 6.07) is 15.3. The second-order valence-electron chi connectivity index (χ2n) is 5.20. The Bertz CT molecular complexity index is 640. The zero-order valence-electron chi connectivity index (χ0n) is 11.9. The van der Waals surface area contributed by atoms with Crippen LogP contribution in [0.3, 0.4) is 0 Å². The summed E-state index contributed by atoms with van der Waals surface area (Å²) in [5.74, 6) is 0.858. The number of amides is 2. The van der Waals surface area contributed by atoms with Gasteiger partial charge < -0.3 is 15.4 Å². The molecule has 0 aliphatic carbocycles. The topological polar surface area (TPSA) is 50.4 Å². The van der Waals surface area contributed by atoms with Gasteiger partial charge in [-0.15, -0.1) is 0 Å². The molecule has 0 radical (unpaired) electrons. The normalized spacial score (nSPS) is 16.5. The monoisotopic (exact) mass is 282 g/mol. The molecule has 0 bridgehead atoms. The van der Waals surface area contributed by atoms with E-state index < -0.39 is 0 Å². The minimum atomic E-state index is -0.194. The molecular formula is C17H18N2O2. The molecule has 1 atom stereocenters. The van der Waals surface area contributed by atoms with Crippen LogP contribution in [0.2, 0.25) is 0 Å². The van der Waals surface area contributed by atoms with Gasteiger partial charge in [0.2, 0.25) is 0 Å². The van der Waals surface area contributed by atoms with Gasteiger partial charge in [0.1, 0.15) is 5.75 Å². The Balaban J connectivity index is 1.71. The zero-order valence-corrected chi connectivity index (χ0v) is 11.9. The summed E-state index contributed by atoms with van der Waals surface area (Å²) in [6.07, 6.45) is 0.776. The number of hydrogen-bond donors (Lipinski definition) is 2. The number of anilines is 1. The maximum atomic E-state index is 12.1. The predicted molar refractivity (Wildman–Crippen MR) is 82.6 cm³/mol. The van der Waals surface area contributed by atoms with Crippen LogP contribution >= 0.6 is 0 Å². The first-order valence-corrected chi connectivity index (χ1v) is 7.08. The molecule has 0 saturated carbocycles. The van der Waals surface area contributed by atoms with E-state index in [9.17, 15) is 4.79 Å². The Labute approximate surface area is 124 Å². The summed E-state index contributed by atoms with van der Waals surface area (Å²) in [7, 11) is 0. The van der Waals surface area contributed by atoms with E-state index in [0.717, 1.165) is 29.0 Å². The number of rotatable bonds is 2. The number of carbonyl (C=O) groups is 1. The molecule has 108 valence electrons. The fourth-order valence-electron chi connectivity index (χ4n) is 2.51. The van der Waals surface area contributed by atoms with Crippen LogP contribution in [0, 0.1) is 6.92 Å². The first-order valence-electron chi connectivity index (χ1n) is 7.08. The Hall–Kier alpha value is -2.49. The molecule has 0 fully saturated rings. The number of nitrogens with one attached hydrogen (secondary N) is 2. The maximum Gasteiger partial charge on any atom is 0.319 e. The second kappa shape index (κ2) is 5.87. The third-order valence-corrected chi connectivity index (χ3v) is 3.54. The summed E-state index contributed by atoms with van der Waals surface area (Å²) in [5.41, 5.74) is 2.99. The number of carbonyl (C=O) groups excluding carboxylic acids is 1. The number of ether oxygens (including phenoxy) is 1. The second-order valence-corrected chi connectivity index (χ2v) is 5.20. The van der Waals surface area contributed by atoms with Crippen LogP contribution in [0.5, 0.6) is 5.75 Å². The van der Waals surface area contributed by atoms with Crippen LogP contribution in [0.25, 0.3) is 0 Å². The van der Waals surface area contributed by atoms with Crippen molar-refractivity contribution in [1.29, 1.82) is 0 Å². The highest BCUT2D eigenvalue weighted by atomic mass is 16.5. The standard InChI is InChI=1S/C17H18N2O2/c1-12-7-8-16-14(11-12)15(9-10-21-16)19-17(20)18-13-5-3-2-4-6-13/h2-8,11,15H,9-10H2,1H3,(H2,18,19,20). The summed E-state index contributed by atoms with van der Waals surface area (Å²) in [6.45, 7) is 2.66. The lowest BCUT2D eigenvalue weighted by molar-refractivity contribution is 0.232. The largest absolute Gasteiger partial charge is 0.493 e. The van der Waals surface area contributed by atoms with Crippen LogP contribution in [-0.4, -0.2) is 12.6 Å². The van der Waals surface area contributed by atoms with E-state index in [1.807, 2.05) is 49.4 Å². The van der Waals surface area contributed by atoms with Gasteiger partial charge in [0, 0.05) is 17.7 Å². The van der Waals surface area contributed by atoms with Crippen LogP contribution in [0.1, 0.15) is 23.6 Å². The van der Waals surface area contributed by atoms with Gasteiger partial charge in [-0.05, 0) is 25.1 Å². The van der Waals surface area contributed by atoms with Crippen molar-refractivity contribution >= 4 is 11.7 Å². The molecule has 1 aliphatic rings. The van der Waals surface area contributed by atoms with Crippen molar-refractivity contribution in [2.45, 2.75) is 19.4 Å². The van der Waals surface area contributed by atoms with E-state index >= 15 is 0 Å². The molecule has 2 aromatic rings. The molecule has 1 heterocycles. The van der Waals surface area contributed by atoms with Crippen molar-refractivity contribution in [3.63, 3.8) is 0 Å². The maximum absolute atomic E-state index is 12.1. The Morgan fingerprint density at radius 2 is 2.00 bits per heavy atom. The van der Waals surface area contributed by atoms with Crippen molar-refractivity contribution in [2.24, 2.45) is 0 Å². The van der Waals surface area contributed by atoms with Gasteiger partial charge in [-0.2, -0.15) is 0 Å². The SMILES string of the molecule is Cc1ccc2c(c1)C(NC(=O)Nc1ccccc1)CCO2. The van der Waals surface area contributed by atoms with E-state index in [1.54, 1.807) is 0 Å². The van der Waals surface area contributed by atoms with Crippen LogP contribution < -0.4 is 15.4 Å². The van der Waals surface area contributed by atoms with Gasteiger partial charge in [-0.25, -0.2) is 4.79 Å². The fraction of sp³-hybridized carbons (Fsp3) is 0.235. The lowest BCUT2D eigenvalue weighted by Gasteiger charge is -2.27. The first kappa shape index (κ1) is 13.5. The third-order valence-electron chi connectivity index (χ3n) is 3.54. The molecule has 0 aromatic heterocycles. The molecule has 2 N–H and O–H groups in total. The van der Waals surface area contributed by atoms with E-state index in [-0.39, 0.29) is 12.1 Å². The molecule has 0 spiro atoms. The summed E-state index contributed by atoms with van der Waals surface area (Å²) >= 11 is 0. The van der Waals surface area contributed by atoms with Crippen LogP contribution in [-0.2, 0) is 0 Å². The molecule has 4 heteroatoms. The lowest BCUT2D eigenvalue weighted by Crippen LogP contribution is -2.35. The number of hydrogen-bond acceptors (Lipinski definition) is 2. The van der Waals surface area contributed by atoms with Gasteiger partial charge >= 0.3 is 6.03 Å². The van der Waals surface area contributed by atoms with Gasteiger partial charge in [0.25, 0.3) is 0 Å². The Morgan fingerprint density at radius 1 is 1.19 bits per heavy atom. The van der Waals surface area contributed by atoms with E-state index in [4.69, 9.17) is 4.74 Å². The smallest absolute Gasteiger partial charge is 0.319 e. The summed E-state index contributed by atoms with van der Waals surface area (Å²) in [5, 5.41) is 5.86. The molecule has 1 unspecified atom stereocenters. The average molecular weight is 282 g/mol. The quantitative estimate of drug-likeness (QED) is 0.883. The van der Waals surface area contributed by atoms with E-state index in [0.29, 0.717) is 6.61 Å². The lowest BCUT2D eigenvalue weighted by atomic mass is 9.99. The van der Waals surface area contributed by atoms with Gasteiger partial charge in [-0.1, -0.05) is 35.9 Å². The molecule has 21 heavy (non-hydrogen) atoms. The minimum Gasteiger partial charge on any atom is -0.493 e. The van der Waals surface area contributed by atoms with Gasteiger partial charge in [0.15, 0.2) is 0 Å². The summed E-state index contributed by atoms with van der Waals surface area (Å²) in [4.78, 5) is 12.1. The zero-order chi connectivity index (χ0) is 14.7. The van der Waals surface area contributed by atoms with Crippen molar-refractivity contribution in [2.75, 3.05) is 11.9 Å². The molecule has 3 rings (SSSR count). The van der Waals surface area contributed by atoms with Crippen LogP contribution in [0.4, 0.5) is 10.5 Å². The highest BCUT2D eigenvalue weighted by Crippen LogP contribution is 2.32. The number of benzene rings is 2. The van der Waals surface area contributed by atoms with Gasteiger partial charge in [0.05, 0.1) is 12.6 Å².